The number of benzene rings is 1. The smallest absolute Gasteiger partial charge is 0.252 e. The molecule has 0 spiro atoms. The standard InChI is InChI=1S/C10H13BrN2O4S/c1-17-5-4-13-10(14)8-6-7(18(12,15)16)2-3-9(8)11/h2-3,6H,4-5H2,1H3,(H,13,14)(H2,12,15,16). The highest BCUT2D eigenvalue weighted by atomic mass is 79.9. The molecular weight excluding hydrogens is 324 g/mol. The van der Waals surface area contributed by atoms with Gasteiger partial charge in [0.1, 0.15) is 0 Å². The lowest BCUT2D eigenvalue weighted by molar-refractivity contribution is 0.0936. The molecule has 0 aliphatic rings. The number of hydrogen-bond acceptors (Lipinski definition) is 4. The fourth-order valence-corrected chi connectivity index (χ4v) is 2.18. The van der Waals surface area contributed by atoms with E-state index in [-0.39, 0.29) is 10.5 Å². The van der Waals surface area contributed by atoms with Crippen LogP contribution in [0.5, 0.6) is 0 Å². The normalized spacial score (nSPS) is 11.3. The molecule has 0 unspecified atom stereocenters. The van der Waals surface area contributed by atoms with Crippen LogP contribution in [0.1, 0.15) is 10.4 Å². The molecule has 0 aliphatic carbocycles. The van der Waals surface area contributed by atoms with Gasteiger partial charge in [-0.1, -0.05) is 0 Å². The fourth-order valence-electron chi connectivity index (χ4n) is 1.22. The molecule has 0 aliphatic heterocycles. The Labute approximate surface area is 114 Å². The van der Waals surface area contributed by atoms with Crippen molar-refractivity contribution < 1.29 is 17.9 Å². The highest BCUT2D eigenvalue weighted by Crippen LogP contribution is 2.20. The number of sulfonamides is 1. The Hall–Kier alpha value is -0.960. The maximum atomic E-state index is 11.8. The monoisotopic (exact) mass is 336 g/mol. The quantitative estimate of drug-likeness (QED) is 0.763. The topological polar surface area (TPSA) is 98.5 Å². The van der Waals surface area contributed by atoms with Gasteiger partial charge < -0.3 is 10.1 Å². The van der Waals surface area contributed by atoms with Crippen LogP contribution in [0.4, 0.5) is 0 Å². The molecule has 100 valence electrons. The molecule has 0 bridgehead atoms. The van der Waals surface area contributed by atoms with Crippen molar-refractivity contribution >= 4 is 31.9 Å². The highest BCUT2D eigenvalue weighted by Gasteiger charge is 2.15. The number of hydrogen-bond donors (Lipinski definition) is 2. The van der Waals surface area contributed by atoms with Gasteiger partial charge in [0.2, 0.25) is 10.0 Å². The molecule has 8 heteroatoms. The minimum atomic E-state index is -3.83. The molecule has 18 heavy (non-hydrogen) atoms. The molecule has 0 atom stereocenters. The average Bonchev–Trinajstić information content (AvgIpc) is 2.28. The van der Waals surface area contributed by atoms with Gasteiger partial charge in [-0.15, -0.1) is 0 Å². The van der Waals surface area contributed by atoms with Crippen molar-refractivity contribution in [3.63, 3.8) is 0 Å². The molecule has 1 aromatic rings. The predicted octanol–water partition coefficient (Wildman–Crippen LogP) is 0.473. The SMILES string of the molecule is COCCNC(=O)c1cc(S(N)(=O)=O)ccc1Br. The van der Waals surface area contributed by atoms with Gasteiger partial charge in [-0.05, 0) is 34.1 Å². The van der Waals surface area contributed by atoms with Gasteiger partial charge in [-0.3, -0.25) is 4.79 Å². The summed E-state index contributed by atoms with van der Waals surface area (Å²) in [6.07, 6.45) is 0. The number of carbonyl (C=O) groups is 1. The Balaban J connectivity index is 2.97. The first-order valence-electron chi connectivity index (χ1n) is 4.95. The molecule has 0 heterocycles. The lowest BCUT2D eigenvalue weighted by Crippen LogP contribution is -2.27. The van der Waals surface area contributed by atoms with E-state index >= 15 is 0 Å². The van der Waals surface area contributed by atoms with Crippen LogP contribution in [0.3, 0.4) is 0 Å². The average molecular weight is 337 g/mol. The Morgan fingerprint density at radius 2 is 2.17 bits per heavy atom. The molecule has 0 fully saturated rings. The van der Waals surface area contributed by atoms with Crippen LogP contribution in [0.25, 0.3) is 0 Å². The van der Waals surface area contributed by atoms with E-state index in [0.29, 0.717) is 17.6 Å². The van der Waals surface area contributed by atoms with E-state index in [1.165, 1.54) is 25.3 Å². The van der Waals surface area contributed by atoms with Gasteiger partial charge >= 0.3 is 0 Å². The second-order valence-corrected chi connectivity index (χ2v) is 5.85. The number of nitrogens with two attached hydrogens (primary N) is 1. The summed E-state index contributed by atoms with van der Waals surface area (Å²) in [7, 11) is -2.31. The Morgan fingerprint density at radius 1 is 1.50 bits per heavy atom. The van der Waals surface area contributed by atoms with E-state index in [9.17, 15) is 13.2 Å². The lowest BCUT2D eigenvalue weighted by Gasteiger charge is -2.07. The van der Waals surface area contributed by atoms with E-state index in [1.54, 1.807) is 0 Å². The summed E-state index contributed by atoms with van der Waals surface area (Å²) in [5.41, 5.74) is 0.206. The zero-order valence-corrected chi connectivity index (χ0v) is 12.0. The molecular formula is C10H13BrN2O4S. The van der Waals surface area contributed by atoms with Crippen molar-refractivity contribution in [2.75, 3.05) is 20.3 Å². The lowest BCUT2D eigenvalue weighted by atomic mass is 10.2. The summed E-state index contributed by atoms with van der Waals surface area (Å²) in [5, 5.41) is 7.59. The Bertz CT molecular complexity index is 545. The summed E-state index contributed by atoms with van der Waals surface area (Å²) in [4.78, 5) is 11.7. The van der Waals surface area contributed by atoms with Crippen LogP contribution < -0.4 is 10.5 Å². The van der Waals surface area contributed by atoms with Crippen LogP contribution in [0.2, 0.25) is 0 Å². The van der Waals surface area contributed by atoms with Crippen molar-refractivity contribution in [1.82, 2.24) is 5.32 Å². The van der Waals surface area contributed by atoms with Crippen molar-refractivity contribution in [2.24, 2.45) is 5.14 Å². The first-order chi connectivity index (χ1) is 8.36. The summed E-state index contributed by atoms with van der Waals surface area (Å²) in [5.74, 6) is -0.399. The van der Waals surface area contributed by atoms with Crippen molar-refractivity contribution in [1.29, 1.82) is 0 Å². The summed E-state index contributed by atoms with van der Waals surface area (Å²) in [6, 6.07) is 4.01. The van der Waals surface area contributed by atoms with Gasteiger partial charge in [0.05, 0.1) is 17.1 Å². The molecule has 1 rings (SSSR count). The van der Waals surface area contributed by atoms with Gasteiger partial charge in [0.25, 0.3) is 5.91 Å². The summed E-state index contributed by atoms with van der Waals surface area (Å²) >= 11 is 3.18. The van der Waals surface area contributed by atoms with Crippen LogP contribution >= 0.6 is 15.9 Å². The van der Waals surface area contributed by atoms with Gasteiger partial charge in [0.15, 0.2) is 0 Å². The zero-order chi connectivity index (χ0) is 13.8. The molecule has 6 nitrogen and oxygen atoms in total. The van der Waals surface area contributed by atoms with Gasteiger partial charge in [0, 0.05) is 18.1 Å². The van der Waals surface area contributed by atoms with E-state index < -0.39 is 15.9 Å². The number of rotatable bonds is 5. The molecule has 0 saturated heterocycles. The zero-order valence-electron chi connectivity index (χ0n) is 9.64. The van der Waals surface area contributed by atoms with E-state index in [1.807, 2.05) is 0 Å². The molecule has 1 amide bonds. The Morgan fingerprint density at radius 3 is 2.72 bits per heavy atom. The molecule has 3 N–H and O–H groups in total. The van der Waals surface area contributed by atoms with Gasteiger partial charge in [-0.2, -0.15) is 0 Å². The molecule has 1 aromatic carbocycles. The second-order valence-electron chi connectivity index (χ2n) is 3.44. The first-order valence-corrected chi connectivity index (χ1v) is 7.29. The number of methoxy groups -OCH3 is 1. The third kappa shape index (κ3) is 4.05. The number of primary sulfonamides is 1. The van der Waals surface area contributed by atoms with Crippen LogP contribution in [0.15, 0.2) is 27.6 Å². The number of halogens is 1. The van der Waals surface area contributed by atoms with Crippen LogP contribution in [-0.2, 0) is 14.8 Å². The maximum absolute atomic E-state index is 11.8. The largest absolute Gasteiger partial charge is 0.383 e. The molecule has 0 saturated carbocycles. The second kappa shape index (κ2) is 6.28. The van der Waals surface area contributed by atoms with E-state index in [4.69, 9.17) is 9.88 Å². The van der Waals surface area contributed by atoms with Crippen molar-refractivity contribution in [2.45, 2.75) is 4.90 Å². The molecule has 0 radical (unpaired) electrons. The third-order valence-electron chi connectivity index (χ3n) is 2.10. The number of ether oxygens (including phenoxy) is 1. The maximum Gasteiger partial charge on any atom is 0.252 e. The molecule has 0 aromatic heterocycles. The van der Waals surface area contributed by atoms with Crippen LogP contribution in [0, 0.1) is 0 Å². The van der Waals surface area contributed by atoms with E-state index in [0.717, 1.165) is 0 Å². The van der Waals surface area contributed by atoms with Crippen molar-refractivity contribution in [3.05, 3.63) is 28.2 Å². The number of carbonyl (C=O) groups excluding carboxylic acids is 1. The highest BCUT2D eigenvalue weighted by molar-refractivity contribution is 9.10. The summed E-state index contributed by atoms with van der Waals surface area (Å²) in [6.45, 7) is 0.708. The van der Waals surface area contributed by atoms with Crippen molar-refractivity contribution in [3.8, 4) is 0 Å². The predicted molar refractivity (Wildman–Crippen MR) is 69.7 cm³/mol. The summed E-state index contributed by atoms with van der Waals surface area (Å²) < 4.78 is 27.7. The number of nitrogens with one attached hydrogen (secondary N) is 1. The van der Waals surface area contributed by atoms with E-state index in [2.05, 4.69) is 21.2 Å². The Kier molecular flexibility index (Phi) is 5.27. The minimum Gasteiger partial charge on any atom is -0.383 e. The minimum absolute atomic E-state index is 0.109. The van der Waals surface area contributed by atoms with Gasteiger partial charge in [-0.25, -0.2) is 13.6 Å². The first kappa shape index (κ1) is 15.1. The third-order valence-corrected chi connectivity index (χ3v) is 3.71. The fraction of sp³-hybridized carbons (Fsp3) is 0.300. The van der Waals surface area contributed by atoms with Crippen LogP contribution in [-0.4, -0.2) is 34.6 Å². The number of amides is 1.